The number of tetrazole rings is 1. The van der Waals surface area contributed by atoms with Crippen molar-refractivity contribution in [1.82, 2.24) is 30.4 Å². The molecule has 0 aliphatic carbocycles. The maximum Gasteiger partial charge on any atom is 0.254 e. The van der Waals surface area contributed by atoms with E-state index in [1.807, 2.05) is 36.4 Å². The van der Waals surface area contributed by atoms with Crippen molar-refractivity contribution in [3.63, 3.8) is 0 Å². The van der Waals surface area contributed by atoms with Crippen molar-refractivity contribution in [2.45, 2.75) is 6.61 Å². The monoisotopic (exact) mass is 354 g/mol. The number of ether oxygens (including phenoxy) is 1. The third-order valence-corrected chi connectivity index (χ3v) is 3.62. The lowest BCUT2D eigenvalue weighted by molar-refractivity contribution is 0.264. The predicted octanol–water partition coefficient (Wildman–Crippen LogP) is 2.94. The minimum Gasteiger partial charge on any atom is -0.484 e. The molecule has 0 bridgehead atoms. The first kappa shape index (κ1) is 15.3. The molecule has 0 fully saturated rings. The summed E-state index contributed by atoms with van der Waals surface area (Å²) in [6, 6.07) is 14.5. The highest BCUT2D eigenvalue weighted by molar-refractivity contribution is 6.30. The summed E-state index contributed by atoms with van der Waals surface area (Å²) in [5.41, 5.74) is 1.63. The number of hydrogen-bond donors (Lipinski definition) is 0. The first-order chi connectivity index (χ1) is 12.3. The fraction of sp³-hybridized carbons (Fsp3) is 0.0625. The van der Waals surface area contributed by atoms with Crippen LogP contribution in [0.3, 0.4) is 0 Å². The van der Waals surface area contributed by atoms with E-state index in [1.165, 1.54) is 6.33 Å². The standard InChI is InChI=1S/C16H11ClN6O2/c17-12-3-1-11(2-4-12)16-20-19-15(25-16)9-24-14-7-5-13(6-8-14)23-10-18-21-22-23/h1-8,10H,9H2. The molecular formula is C16H11ClN6O2. The third kappa shape index (κ3) is 3.48. The molecule has 0 aliphatic rings. The Bertz CT molecular complexity index is 951. The highest BCUT2D eigenvalue weighted by Gasteiger charge is 2.09. The molecule has 9 heteroatoms. The Morgan fingerprint density at radius 3 is 2.52 bits per heavy atom. The van der Waals surface area contributed by atoms with E-state index < -0.39 is 0 Å². The number of nitrogens with zero attached hydrogens (tertiary/aromatic N) is 6. The van der Waals surface area contributed by atoms with Gasteiger partial charge in [0.2, 0.25) is 5.89 Å². The fourth-order valence-electron chi connectivity index (χ4n) is 2.14. The Balaban J connectivity index is 1.41. The van der Waals surface area contributed by atoms with Crippen LogP contribution in [0.5, 0.6) is 5.75 Å². The van der Waals surface area contributed by atoms with Gasteiger partial charge in [-0.2, -0.15) is 0 Å². The average Bonchev–Trinajstić information content (AvgIpc) is 3.33. The molecule has 0 saturated heterocycles. The average molecular weight is 355 g/mol. The van der Waals surface area contributed by atoms with Crippen LogP contribution in [0.4, 0.5) is 0 Å². The molecule has 2 aromatic heterocycles. The van der Waals surface area contributed by atoms with E-state index in [9.17, 15) is 0 Å². The van der Waals surface area contributed by atoms with E-state index in [0.717, 1.165) is 11.3 Å². The van der Waals surface area contributed by atoms with Gasteiger partial charge in [0.25, 0.3) is 5.89 Å². The van der Waals surface area contributed by atoms with Crippen molar-refractivity contribution in [2.24, 2.45) is 0 Å². The molecule has 0 atom stereocenters. The molecular weight excluding hydrogens is 344 g/mol. The van der Waals surface area contributed by atoms with Gasteiger partial charge in [0.05, 0.1) is 5.69 Å². The number of benzene rings is 2. The molecule has 0 unspecified atom stereocenters. The minimum absolute atomic E-state index is 0.171. The van der Waals surface area contributed by atoms with Crippen molar-refractivity contribution in [1.29, 1.82) is 0 Å². The van der Waals surface area contributed by atoms with Crippen LogP contribution in [0.25, 0.3) is 17.1 Å². The van der Waals surface area contributed by atoms with Gasteiger partial charge in [-0.05, 0) is 59.0 Å². The Hall–Kier alpha value is -3.26. The van der Waals surface area contributed by atoms with Gasteiger partial charge in [-0.25, -0.2) is 4.68 Å². The third-order valence-electron chi connectivity index (χ3n) is 3.37. The van der Waals surface area contributed by atoms with Gasteiger partial charge in [-0.15, -0.1) is 15.3 Å². The normalized spacial score (nSPS) is 10.8. The number of halogens is 1. The lowest BCUT2D eigenvalue weighted by Gasteiger charge is -2.04. The quantitative estimate of drug-likeness (QED) is 0.544. The minimum atomic E-state index is 0.171. The molecule has 0 spiro atoms. The fourth-order valence-corrected chi connectivity index (χ4v) is 2.27. The SMILES string of the molecule is Clc1ccc(-c2nnc(COc3ccc(-n4cnnn4)cc3)o2)cc1. The molecule has 0 N–H and O–H groups in total. The van der Waals surface area contributed by atoms with Gasteiger partial charge in [0, 0.05) is 10.6 Å². The van der Waals surface area contributed by atoms with E-state index >= 15 is 0 Å². The number of rotatable bonds is 5. The molecule has 0 saturated carbocycles. The van der Waals surface area contributed by atoms with Crippen LogP contribution in [0.1, 0.15) is 5.89 Å². The van der Waals surface area contributed by atoms with Gasteiger partial charge in [-0.1, -0.05) is 11.6 Å². The zero-order valence-corrected chi connectivity index (χ0v) is 13.5. The summed E-state index contributed by atoms with van der Waals surface area (Å²) < 4.78 is 12.8. The summed E-state index contributed by atoms with van der Waals surface area (Å²) in [4.78, 5) is 0. The van der Waals surface area contributed by atoms with Crippen molar-refractivity contribution < 1.29 is 9.15 Å². The predicted molar refractivity (Wildman–Crippen MR) is 88.2 cm³/mol. The maximum atomic E-state index is 5.87. The van der Waals surface area contributed by atoms with Crippen molar-refractivity contribution >= 4 is 11.6 Å². The van der Waals surface area contributed by atoms with Crippen LogP contribution in [0.2, 0.25) is 5.02 Å². The van der Waals surface area contributed by atoms with Gasteiger partial charge in [0.15, 0.2) is 6.61 Å². The Morgan fingerprint density at radius 1 is 1.00 bits per heavy atom. The summed E-state index contributed by atoms with van der Waals surface area (Å²) in [7, 11) is 0. The molecule has 0 radical (unpaired) electrons. The van der Waals surface area contributed by atoms with Crippen LogP contribution in [-0.4, -0.2) is 30.4 Å². The van der Waals surface area contributed by atoms with Gasteiger partial charge >= 0.3 is 0 Å². The summed E-state index contributed by atoms with van der Waals surface area (Å²) >= 11 is 5.87. The van der Waals surface area contributed by atoms with E-state index in [1.54, 1.807) is 16.8 Å². The molecule has 4 rings (SSSR count). The first-order valence-corrected chi connectivity index (χ1v) is 7.70. The van der Waals surface area contributed by atoms with Crippen molar-refractivity contribution in [3.8, 4) is 22.9 Å². The number of aromatic nitrogens is 6. The van der Waals surface area contributed by atoms with Crippen molar-refractivity contribution in [2.75, 3.05) is 0 Å². The van der Waals surface area contributed by atoms with Crippen LogP contribution in [-0.2, 0) is 6.61 Å². The van der Waals surface area contributed by atoms with E-state index in [-0.39, 0.29) is 6.61 Å². The topological polar surface area (TPSA) is 91.8 Å². The lowest BCUT2D eigenvalue weighted by Crippen LogP contribution is -1.97. The van der Waals surface area contributed by atoms with E-state index in [2.05, 4.69) is 25.7 Å². The van der Waals surface area contributed by atoms with Gasteiger partial charge < -0.3 is 9.15 Å². The highest BCUT2D eigenvalue weighted by atomic mass is 35.5. The van der Waals surface area contributed by atoms with Crippen molar-refractivity contribution in [3.05, 3.63) is 65.8 Å². The molecule has 124 valence electrons. The van der Waals surface area contributed by atoms with Crippen LogP contribution >= 0.6 is 11.6 Å². The highest BCUT2D eigenvalue weighted by Crippen LogP contribution is 2.21. The van der Waals surface area contributed by atoms with E-state index in [0.29, 0.717) is 22.6 Å². The molecule has 0 aliphatic heterocycles. The number of hydrogen-bond acceptors (Lipinski definition) is 7. The second kappa shape index (κ2) is 6.70. The van der Waals surface area contributed by atoms with Gasteiger partial charge in [0.1, 0.15) is 12.1 Å². The molecule has 0 amide bonds. The summed E-state index contributed by atoms with van der Waals surface area (Å²) in [5.74, 6) is 1.47. The first-order valence-electron chi connectivity index (χ1n) is 7.32. The lowest BCUT2D eigenvalue weighted by atomic mass is 10.2. The van der Waals surface area contributed by atoms with E-state index in [4.69, 9.17) is 20.8 Å². The summed E-state index contributed by atoms with van der Waals surface area (Å²) in [6.07, 6.45) is 1.52. The summed E-state index contributed by atoms with van der Waals surface area (Å²) in [6.45, 7) is 0.171. The van der Waals surface area contributed by atoms with Crippen LogP contribution < -0.4 is 4.74 Å². The Labute approximate surface area is 147 Å². The summed E-state index contributed by atoms with van der Waals surface area (Å²) in [5, 5.41) is 19.7. The second-order valence-electron chi connectivity index (χ2n) is 5.04. The van der Waals surface area contributed by atoms with Crippen LogP contribution in [0.15, 0.2) is 59.3 Å². The zero-order chi connectivity index (χ0) is 17.1. The molecule has 25 heavy (non-hydrogen) atoms. The van der Waals surface area contributed by atoms with Gasteiger partial charge in [-0.3, -0.25) is 0 Å². The maximum absolute atomic E-state index is 5.87. The Kier molecular flexibility index (Phi) is 4.09. The smallest absolute Gasteiger partial charge is 0.254 e. The molecule has 2 aromatic carbocycles. The molecule has 2 heterocycles. The molecule has 4 aromatic rings. The van der Waals surface area contributed by atoms with Crippen LogP contribution in [0, 0.1) is 0 Å². The Morgan fingerprint density at radius 2 is 1.80 bits per heavy atom. The zero-order valence-electron chi connectivity index (χ0n) is 12.8. The molecule has 8 nitrogen and oxygen atoms in total. The largest absolute Gasteiger partial charge is 0.484 e. The second-order valence-corrected chi connectivity index (χ2v) is 5.48.